The normalized spacial score (nSPS) is 12.3. The number of para-hydroxylation sites is 2. The fourth-order valence-corrected chi connectivity index (χ4v) is 3.52. The smallest absolute Gasteiger partial charge is 0.318 e. The van der Waals surface area contributed by atoms with E-state index in [1.807, 2.05) is 36.4 Å². The lowest BCUT2D eigenvalue weighted by Crippen LogP contribution is -2.26. The van der Waals surface area contributed by atoms with Crippen LogP contribution in [0.3, 0.4) is 0 Å². The molecule has 3 aromatic carbocycles. The highest BCUT2D eigenvalue weighted by Gasteiger charge is 2.33. The molecule has 4 rings (SSSR count). The highest BCUT2D eigenvalue weighted by Crippen LogP contribution is 2.44. The number of rotatable bonds is 4. The first kappa shape index (κ1) is 19.3. The molecular formula is C22H15Cl2NO4. The molecule has 0 bridgehead atoms. The topological polar surface area (TPSA) is 64.6 Å². The van der Waals surface area contributed by atoms with E-state index in [2.05, 4.69) is 5.32 Å². The summed E-state index contributed by atoms with van der Waals surface area (Å²) in [6, 6.07) is 19.4. The van der Waals surface area contributed by atoms with Crippen LogP contribution in [-0.2, 0) is 14.3 Å². The molecule has 0 unspecified atom stereocenters. The number of fused-ring (bicyclic) bond motifs is 2. The molecule has 0 fully saturated rings. The highest BCUT2D eigenvalue weighted by atomic mass is 35.5. The Kier molecular flexibility index (Phi) is 5.43. The monoisotopic (exact) mass is 427 g/mol. The zero-order chi connectivity index (χ0) is 20.4. The Hall–Kier alpha value is -3.02. The number of nitrogens with one attached hydrogen (secondary N) is 1. The summed E-state index contributed by atoms with van der Waals surface area (Å²) in [5.74, 6) is -0.568. The van der Waals surface area contributed by atoms with E-state index in [9.17, 15) is 9.59 Å². The zero-order valence-electron chi connectivity index (χ0n) is 15.0. The Balaban J connectivity index is 1.50. The van der Waals surface area contributed by atoms with Gasteiger partial charge in [0.1, 0.15) is 17.4 Å². The molecule has 0 atom stereocenters. The maximum atomic E-state index is 12.9. The molecular weight excluding hydrogens is 413 g/mol. The van der Waals surface area contributed by atoms with Gasteiger partial charge in [-0.3, -0.25) is 9.59 Å². The van der Waals surface area contributed by atoms with Gasteiger partial charge in [-0.15, -0.1) is 0 Å². The number of hydrogen-bond donors (Lipinski definition) is 1. The number of anilines is 1. The van der Waals surface area contributed by atoms with E-state index in [4.69, 9.17) is 32.7 Å². The number of hydrogen-bond acceptors (Lipinski definition) is 4. The minimum atomic E-state index is -0.682. The van der Waals surface area contributed by atoms with Gasteiger partial charge < -0.3 is 14.8 Å². The highest BCUT2D eigenvalue weighted by molar-refractivity contribution is 6.44. The summed E-state index contributed by atoms with van der Waals surface area (Å²) in [7, 11) is 0. The molecule has 7 heteroatoms. The lowest BCUT2D eigenvalue weighted by Gasteiger charge is -2.26. The van der Waals surface area contributed by atoms with Crippen molar-refractivity contribution < 1.29 is 19.1 Å². The van der Waals surface area contributed by atoms with Gasteiger partial charge in [0.2, 0.25) is 0 Å². The number of halogens is 2. The lowest BCUT2D eigenvalue weighted by atomic mass is 9.88. The predicted octanol–water partition coefficient (Wildman–Crippen LogP) is 5.41. The van der Waals surface area contributed by atoms with Crippen molar-refractivity contribution in [2.24, 2.45) is 0 Å². The summed E-state index contributed by atoms with van der Waals surface area (Å²) >= 11 is 12.0. The SMILES string of the molecule is O=C(COC(=O)C1c2ccccc2Oc2ccccc21)Nc1cccc(Cl)c1Cl. The predicted molar refractivity (Wildman–Crippen MR) is 111 cm³/mol. The van der Waals surface area contributed by atoms with Crippen molar-refractivity contribution in [1.82, 2.24) is 0 Å². The van der Waals surface area contributed by atoms with Crippen molar-refractivity contribution in [2.75, 3.05) is 11.9 Å². The van der Waals surface area contributed by atoms with E-state index >= 15 is 0 Å². The molecule has 29 heavy (non-hydrogen) atoms. The third-order valence-corrected chi connectivity index (χ3v) is 5.31. The summed E-state index contributed by atoms with van der Waals surface area (Å²) < 4.78 is 11.2. The average molecular weight is 428 g/mol. The van der Waals surface area contributed by atoms with Crippen molar-refractivity contribution in [3.05, 3.63) is 87.9 Å². The largest absolute Gasteiger partial charge is 0.457 e. The quantitative estimate of drug-likeness (QED) is 0.565. The van der Waals surface area contributed by atoms with E-state index in [1.54, 1.807) is 30.3 Å². The molecule has 3 aromatic rings. The molecule has 0 radical (unpaired) electrons. The van der Waals surface area contributed by atoms with Crippen molar-refractivity contribution in [3.63, 3.8) is 0 Å². The molecule has 0 aromatic heterocycles. The summed E-state index contributed by atoms with van der Waals surface area (Å²) in [5.41, 5.74) is 1.73. The lowest BCUT2D eigenvalue weighted by molar-refractivity contribution is -0.148. The molecule has 1 heterocycles. The third kappa shape index (κ3) is 3.92. The average Bonchev–Trinajstić information content (AvgIpc) is 2.73. The van der Waals surface area contributed by atoms with Crippen LogP contribution in [0.4, 0.5) is 5.69 Å². The van der Waals surface area contributed by atoms with Gasteiger partial charge >= 0.3 is 5.97 Å². The fourth-order valence-electron chi connectivity index (χ4n) is 3.17. The Morgan fingerprint density at radius 1 is 0.897 bits per heavy atom. The number of amides is 1. The fraction of sp³-hybridized carbons (Fsp3) is 0.0909. The maximum absolute atomic E-state index is 12.9. The van der Waals surface area contributed by atoms with Crippen LogP contribution in [0.15, 0.2) is 66.7 Å². The first-order chi connectivity index (χ1) is 14.0. The number of ether oxygens (including phenoxy) is 2. The van der Waals surface area contributed by atoms with Gasteiger partial charge in [0.15, 0.2) is 6.61 Å². The second kappa shape index (κ2) is 8.15. The number of esters is 1. The van der Waals surface area contributed by atoms with E-state index in [1.165, 1.54) is 0 Å². The number of carbonyl (C=O) groups excluding carboxylic acids is 2. The minimum absolute atomic E-state index is 0.223. The Labute approximate surface area is 177 Å². The van der Waals surface area contributed by atoms with E-state index in [-0.39, 0.29) is 5.02 Å². The Morgan fingerprint density at radius 3 is 2.17 bits per heavy atom. The molecule has 146 valence electrons. The summed E-state index contributed by atoms with van der Waals surface area (Å²) in [6.07, 6.45) is 0. The summed E-state index contributed by atoms with van der Waals surface area (Å²) in [5, 5.41) is 3.13. The summed E-state index contributed by atoms with van der Waals surface area (Å²) in [4.78, 5) is 25.1. The summed E-state index contributed by atoms with van der Waals surface area (Å²) in [6.45, 7) is -0.455. The van der Waals surface area contributed by atoms with Gasteiger partial charge in [0.25, 0.3) is 5.91 Å². The first-order valence-corrected chi connectivity index (χ1v) is 9.56. The molecule has 0 spiro atoms. The van der Waals surface area contributed by atoms with Crippen molar-refractivity contribution in [3.8, 4) is 11.5 Å². The van der Waals surface area contributed by atoms with Gasteiger partial charge in [-0.05, 0) is 24.3 Å². The van der Waals surface area contributed by atoms with Crippen LogP contribution >= 0.6 is 23.2 Å². The zero-order valence-corrected chi connectivity index (χ0v) is 16.5. The second-order valence-corrected chi connectivity index (χ2v) is 7.15. The molecule has 0 saturated heterocycles. The van der Waals surface area contributed by atoms with Crippen molar-refractivity contribution in [2.45, 2.75) is 5.92 Å². The van der Waals surface area contributed by atoms with Crippen LogP contribution in [0.25, 0.3) is 0 Å². The minimum Gasteiger partial charge on any atom is -0.457 e. The van der Waals surface area contributed by atoms with Gasteiger partial charge in [-0.2, -0.15) is 0 Å². The van der Waals surface area contributed by atoms with Crippen LogP contribution in [0, 0.1) is 0 Å². The van der Waals surface area contributed by atoms with Gasteiger partial charge in [0.05, 0.1) is 15.7 Å². The second-order valence-electron chi connectivity index (χ2n) is 6.37. The Morgan fingerprint density at radius 2 is 1.52 bits per heavy atom. The first-order valence-electron chi connectivity index (χ1n) is 8.81. The third-order valence-electron chi connectivity index (χ3n) is 4.49. The number of benzene rings is 3. The molecule has 1 amide bonds. The van der Waals surface area contributed by atoms with E-state index in [0.717, 1.165) is 0 Å². The number of carbonyl (C=O) groups is 2. The van der Waals surface area contributed by atoms with E-state index in [0.29, 0.717) is 33.3 Å². The van der Waals surface area contributed by atoms with Gasteiger partial charge in [-0.25, -0.2) is 0 Å². The molecule has 1 aliphatic rings. The van der Waals surface area contributed by atoms with Gasteiger partial charge in [0, 0.05) is 11.1 Å². The molecule has 1 aliphatic heterocycles. The van der Waals surface area contributed by atoms with E-state index < -0.39 is 24.4 Å². The van der Waals surface area contributed by atoms with Crippen molar-refractivity contribution in [1.29, 1.82) is 0 Å². The van der Waals surface area contributed by atoms with Crippen LogP contribution in [0.1, 0.15) is 17.0 Å². The molecule has 0 saturated carbocycles. The molecule has 1 N–H and O–H groups in total. The maximum Gasteiger partial charge on any atom is 0.318 e. The van der Waals surface area contributed by atoms with Crippen LogP contribution in [0.5, 0.6) is 11.5 Å². The standard InChI is InChI=1S/C22H15Cl2NO4/c23-15-8-5-9-16(21(15)24)25-19(26)12-28-22(27)20-13-6-1-3-10-17(13)29-18-11-4-2-7-14(18)20/h1-11,20H,12H2,(H,25,26). The van der Waals surface area contributed by atoms with Crippen LogP contribution < -0.4 is 10.1 Å². The van der Waals surface area contributed by atoms with Crippen LogP contribution in [0.2, 0.25) is 10.0 Å². The Bertz CT molecular complexity index is 1050. The van der Waals surface area contributed by atoms with Crippen molar-refractivity contribution >= 4 is 40.8 Å². The van der Waals surface area contributed by atoms with Gasteiger partial charge in [-0.1, -0.05) is 65.7 Å². The molecule has 5 nitrogen and oxygen atoms in total. The van der Waals surface area contributed by atoms with Crippen LogP contribution in [-0.4, -0.2) is 18.5 Å². The molecule has 0 aliphatic carbocycles.